The molecular weight excluding hydrogens is 378 g/mol. The zero-order valence-electron chi connectivity index (χ0n) is 18.5. The summed E-state index contributed by atoms with van der Waals surface area (Å²) >= 11 is 0. The second-order valence-corrected chi connectivity index (χ2v) is 8.21. The third-order valence-corrected chi connectivity index (χ3v) is 5.92. The highest BCUT2D eigenvalue weighted by Gasteiger charge is 2.20. The predicted octanol–water partition coefficient (Wildman–Crippen LogP) is 4.62. The molecule has 2 heterocycles. The number of H-pyrrole nitrogens is 1. The lowest BCUT2D eigenvalue weighted by atomic mass is 9.99. The zero-order valence-corrected chi connectivity index (χ0v) is 18.5. The minimum Gasteiger partial charge on any atom is -0.462 e. The molecule has 0 saturated carbocycles. The number of amides is 1. The van der Waals surface area contributed by atoms with Gasteiger partial charge in [-0.2, -0.15) is 0 Å². The Morgan fingerprint density at radius 1 is 1.17 bits per heavy atom. The van der Waals surface area contributed by atoms with E-state index in [1.54, 1.807) is 6.92 Å². The Morgan fingerprint density at radius 3 is 2.47 bits per heavy atom. The topological polar surface area (TPSA) is 74.4 Å². The molecule has 0 aliphatic carbocycles. The number of carbonyl (C=O) groups is 2. The van der Waals surface area contributed by atoms with E-state index < -0.39 is 0 Å². The van der Waals surface area contributed by atoms with E-state index in [2.05, 4.69) is 34.3 Å². The molecule has 0 bridgehead atoms. The van der Waals surface area contributed by atoms with Gasteiger partial charge in [-0.25, -0.2) is 4.79 Å². The van der Waals surface area contributed by atoms with E-state index in [1.165, 1.54) is 18.5 Å². The highest BCUT2D eigenvalue weighted by Crippen LogP contribution is 2.24. The molecule has 0 atom stereocenters. The molecule has 0 unspecified atom stereocenters. The fraction of sp³-hybridized carbons (Fsp3) is 0.500. The molecule has 6 heteroatoms. The lowest BCUT2D eigenvalue weighted by molar-refractivity contribution is -0.116. The van der Waals surface area contributed by atoms with E-state index in [0.29, 0.717) is 25.0 Å². The number of anilines is 2. The van der Waals surface area contributed by atoms with Gasteiger partial charge in [0, 0.05) is 42.3 Å². The number of esters is 1. The van der Waals surface area contributed by atoms with Crippen molar-refractivity contribution in [3.05, 3.63) is 46.8 Å². The first-order valence-corrected chi connectivity index (χ1v) is 10.9. The van der Waals surface area contributed by atoms with Crippen molar-refractivity contribution in [2.75, 3.05) is 29.9 Å². The third-order valence-electron chi connectivity index (χ3n) is 5.92. The van der Waals surface area contributed by atoms with Gasteiger partial charge in [-0.3, -0.25) is 4.79 Å². The van der Waals surface area contributed by atoms with Crippen LogP contribution in [0.5, 0.6) is 0 Å². The minimum atomic E-state index is -0.317. The number of carbonyl (C=O) groups excluding carboxylic acids is 2. The fourth-order valence-electron chi connectivity index (χ4n) is 4.06. The van der Waals surface area contributed by atoms with Crippen LogP contribution in [-0.4, -0.2) is 36.6 Å². The van der Waals surface area contributed by atoms with Gasteiger partial charge in [-0.05, 0) is 75.8 Å². The number of aryl methyl sites for hydroxylation is 2. The standard InChI is InChI=1S/C24H33N3O3/c1-5-30-24(29)23-17(3)21(25-18(23)4)10-11-22(28)26-19-6-8-20(9-7-19)27-14-12-16(2)13-15-27/h6-9,16,25H,5,10-15H2,1-4H3,(H,26,28). The molecule has 6 nitrogen and oxygen atoms in total. The number of benzene rings is 1. The summed E-state index contributed by atoms with van der Waals surface area (Å²) in [5.41, 5.74) is 5.14. The Hall–Kier alpha value is -2.76. The molecule has 1 aromatic carbocycles. The summed E-state index contributed by atoms with van der Waals surface area (Å²) in [6.07, 6.45) is 3.35. The molecule has 1 aromatic heterocycles. The Labute approximate surface area is 179 Å². The van der Waals surface area contributed by atoms with E-state index in [4.69, 9.17) is 4.74 Å². The highest BCUT2D eigenvalue weighted by molar-refractivity contribution is 5.93. The molecule has 1 saturated heterocycles. The molecule has 0 radical (unpaired) electrons. The van der Waals surface area contributed by atoms with E-state index in [-0.39, 0.29) is 11.9 Å². The summed E-state index contributed by atoms with van der Waals surface area (Å²) in [4.78, 5) is 30.2. The van der Waals surface area contributed by atoms with Crippen molar-refractivity contribution in [1.82, 2.24) is 4.98 Å². The normalized spacial score (nSPS) is 14.6. The number of hydrogen-bond donors (Lipinski definition) is 2. The largest absolute Gasteiger partial charge is 0.462 e. The first kappa shape index (κ1) is 21.9. The maximum Gasteiger partial charge on any atom is 0.340 e. The van der Waals surface area contributed by atoms with Crippen LogP contribution in [0.4, 0.5) is 11.4 Å². The first-order chi connectivity index (χ1) is 14.4. The molecular formula is C24H33N3O3. The van der Waals surface area contributed by atoms with Crippen LogP contribution in [0, 0.1) is 19.8 Å². The number of hydrogen-bond acceptors (Lipinski definition) is 4. The number of aromatic amines is 1. The van der Waals surface area contributed by atoms with Gasteiger partial charge in [0.2, 0.25) is 5.91 Å². The number of piperidine rings is 1. The Morgan fingerprint density at radius 2 is 1.83 bits per heavy atom. The highest BCUT2D eigenvalue weighted by atomic mass is 16.5. The van der Waals surface area contributed by atoms with Crippen molar-refractivity contribution in [1.29, 1.82) is 0 Å². The van der Waals surface area contributed by atoms with Gasteiger partial charge in [0.15, 0.2) is 0 Å². The van der Waals surface area contributed by atoms with Crippen molar-refractivity contribution in [3.63, 3.8) is 0 Å². The van der Waals surface area contributed by atoms with Crippen LogP contribution in [0.15, 0.2) is 24.3 Å². The first-order valence-electron chi connectivity index (χ1n) is 10.9. The van der Waals surface area contributed by atoms with Gasteiger partial charge < -0.3 is 19.9 Å². The molecule has 1 amide bonds. The van der Waals surface area contributed by atoms with E-state index in [0.717, 1.165) is 41.6 Å². The number of rotatable bonds is 7. The number of aromatic nitrogens is 1. The molecule has 2 aromatic rings. The van der Waals surface area contributed by atoms with Crippen LogP contribution in [0.3, 0.4) is 0 Å². The van der Waals surface area contributed by atoms with Gasteiger partial charge in [0.25, 0.3) is 0 Å². The second-order valence-electron chi connectivity index (χ2n) is 8.21. The monoisotopic (exact) mass is 411 g/mol. The summed E-state index contributed by atoms with van der Waals surface area (Å²) in [6.45, 7) is 10.4. The minimum absolute atomic E-state index is 0.0427. The van der Waals surface area contributed by atoms with Crippen molar-refractivity contribution >= 4 is 23.3 Å². The van der Waals surface area contributed by atoms with Gasteiger partial charge >= 0.3 is 5.97 Å². The Bertz CT molecular complexity index is 878. The van der Waals surface area contributed by atoms with Gasteiger partial charge in [0.1, 0.15) is 0 Å². The molecule has 162 valence electrons. The van der Waals surface area contributed by atoms with Gasteiger partial charge in [0.05, 0.1) is 12.2 Å². The molecule has 2 N–H and O–H groups in total. The van der Waals surface area contributed by atoms with Gasteiger partial charge in [-0.15, -0.1) is 0 Å². The molecule has 0 spiro atoms. The molecule has 1 aliphatic rings. The average molecular weight is 412 g/mol. The van der Waals surface area contributed by atoms with Crippen LogP contribution in [-0.2, 0) is 16.0 Å². The van der Waals surface area contributed by atoms with E-state index >= 15 is 0 Å². The average Bonchev–Trinajstić information content (AvgIpc) is 3.01. The SMILES string of the molecule is CCOC(=O)c1c(C)[nH]c(CCC(=O)Nc2ccc(N3CCC(C)CC3)cc2)c1C. The smallest absolute Gasteiger partial charge is 0.340 e. The second kappa shape index (κ2) is 9.83. The summed E-state index contributed by atoms with van der Waals surface area (Å²) in [5.74, 6) is 0.446. The predicted molar refractivity (Wildman–Crippen MR) is 120 cm³/mol. The van der Waals surface area contributed by atoms with Crippen molar-refractivity contribution in [2.45, 2.75) is 53.4 Å². The maximum absolute atomic E-state index is 12.4. The van der Waals surface area contributed by atoms with Crippen LogP contribution < -0.4 is 10.2 Å². The van der Waals surface area contributed by atoms with Crippen molar-refractivity contribution in [2.24, 2.45) is 5.92 Å². The number of nitrogens with zero attached hydrogens (tertiary/aromatic N) is 1. The molecule has 1 aliphatic heterocycles. The van der Waals surface area contributed by atoms with Crippen LogP contribution in [0.2, 0.25) is 0 Å². The van der Waals surface area contributed by atoms with Crippen LogP contribution in [0.25, 0.3) is 0 Å². The molecule has 30 heavy (non-hydrogen) atoms. The summed E-state index contributed by atoms with van der Waals surface area (Å²) in [6, 6.07) is 8.09. The number of ether oxygens (including phenoxy) is 1. The van der Waals surface area contributed by atoms with E-state index in [9.17, 15) is 9.59 Å². The summed E-state index contributed by atoms with van der Waals surface area (Å²) in [5, 5.41) is 2.97. The van der Waals surface area contributed by atoms with E-state index in [1.807, 2.05) is 26.0 Å². The van der Waals surface area contributed by atoms with Crippen LogP contribution in [0.1, 0.15) is 60.4 Å². The number of nitrogens with one attached hydrogen (secondary N) is 2. The third kappa shape index (κ3) is 5.23. The van der Waals surface area contributed by atoms with Crippen LogP contribution >= 0.6 is 0 Å². The van der Waals surface area contributed by atoms with Crippen molar-refractivity contribution in [3.8, 4) is 0 Å². The quantitative estimate of drug-likeness (QED) is 0.652. The lowest BCUT2D eigenvalue weighted by Gasteiger charge is -2.32. The lowest BCUT2D eigenvalue weighted by Crippen LogP contribution is -2.32. The van der Waals surface area contributed by atoms with Crippen molar-refractivity contribution < 1.29 is 14.3 Å². The Kier molecular flexibility index (Phi) is 7.19. The summed E-state index contributed by atoms with van der Waals surface area (Å²) in [7, 11) is 0. The van der Waals surface area contributed by atoms with Gasteiger partial charge in [-0.1, -0.05) is 6.92 Å². The molecule has 3 rings (SSSR count). The fourth-order valence-corrected chi connectivity index (χ4v) is 4.06. The Balaban J connectivity index is 1.54. The molecule has 1 fully saturated rings. The summed E-state index contributed by atoms with van der Waals surface area (Å²) < 4.78 is 5.12. The maximum atomic E-state index is 12.4. The zero-order chi connectivity index (χ0) is 21.7.